The predicted octanol–water partition coefficient (Wildman–Crippen LogP) is -1.50. The lowest BCUT2D eigenvalue weighted by Crippen LogP contribution is -2.31. The number of aliphatic hydroxyl groups excluding tert-OH is 1. The molecule has 0 aromatic rings. The fraction of sp³-hybridized carbons (Fsp3) is 0.800. The van der Waals surface area contributed by atoms with Gasteiger partial charge in [0, 0.05) is 6.00 Å². The van der Waals surface area contributed by atoms with Crippen LogP contribution in [0.25, 0.3) is 0 Å². The smallest absolute Gasteiger partial charge is 0.390 e. The molecule has 126 valence electrons. The Balaban J connectivity index is 2.71. The van der Waals surface area contributed by atoms with E-state index in [1.807, 2.05) is 0 Å². The van der Waals surface area contributed by atoms with Gasteiger partial charge in [0.05, 0.1) is 6.10 Å². The van der Waals surface area contributed by atoms with Gasteiger partial charge in [-0.3, -0.25) is 4.89 Å². The van der Waals surface area contributed by atoms with Crippen LogP contribution in [0.4, 0.5) is 0 Å². The van der Waals surface area contributed by atoms with E-state index < -0.39 is 47.6 Å². The van der Waals surface area contributed by atoms with Gasteiger partial charge >= 0.3 is 29.4 Å². The maximum atomic E-state index is 11.4. The molecule has 1 aliphatic heterocycles. The lowest BCUT2D eigenvalue weighted by Gasteiger charge is -2.18. The molecule has 2 unspecified atom stereocenters. The third-order valence-corrected chi connectivity index (χ3v) is 5.74. The summed E-state index contributed by atoms with van der Waals surface area (Å²) in [5, 5.41) is 9.36. The molecule has 1 saturated heterocycles. The summed E-state index contributed by atoms with van der Waals surface area (Å²) in [7, 11) is -11.6. The Hall–Kier alpha value is -0.0951. The molecule has 0 bridgehead atoms. The average Bonchev–Trinajstić information content (AvgIpc) is 2.50. The summed E-state index contributed by atoms with van der Waals surface area (Å²) in [6.07, 6.45) is -3.40. The highest BCUT2D eigenvalue weighted by Crippen LogP contribution is 2.66. The van der Waals surface area contributed by atoms with Crippen molar-refractivity contribution in [2.24, 2.45) is 0 Å². The SMILES string of the molecule is [B][C@H]1C[C@@H](O)[C@@H](C(=O)OP(=O)(O)OP(=O)(O)OP(=O)(O)O)O1. The minimum absolute atomic E-state index is 0.184. The topological polar surface area (TPSA) is 206 Å². The lowest BCUT2D eigenvalue weighted by molar-refractivity contribution is -0.150. The van der Waals surface area contributed by atoms with E-state index in [-0.39, 0.29) is 6.42 Å². The molecule has 22 heavy (non-hydrogen) atoms. The average molecular weight is 382 g/mol. The molecule has 0 saturated carbocycles. The van der Waals surface area contributed by atoms with Crippen LogP contribution in [0.1, 0.15) is 6.42 Å². The first kappa shape index (κ1) is 20.0. The van der Waals surface area contributed by atoms with Crippen molar-refractivity contribution < 1.29 is 61.1 Å². The number of rotatable bonds is 6. The summed E-state index contributed by atoms with van der Waals surface area (Å²) < 4.78 is 48.0. The number of carbonyl (C=O) groups is 1. The largest absolute Gasteiger partial charge is 0.538 e. The standard InChI is InChI=1S/C5H10BO13P3/c6-3-1-2(7)4(16-3)5(8)17-21(12,13)19-22(14,15)18-20(9,10)11/h2-4,7H,1H2,(H,12,13)(H,14,15)(H2,9,10,11)/t2-,3-,4+/m1/s1. The van der Waals surface area contributed by atoms with E-state index in [1.165, 1.54) is 0 Å². The van der Waals surface area contributed by atoms with Crippen LogP contribution in [-0.2, 0) is 36.4 Å². The Morgan fingerprint density at radius 3 is 2.05 bits per heavy atom. The minimum Gasteiger partial charge on any atom is -0.390 e. The van der Waals surface area contributed by atoms with E-state index in [2.05, 4.69) is 17.9 Å². The molecule has 1 aliphatic rings. The summed E-state index contributed by atoms with van der Waals surface area (Å²) >= 11 is 0. The number of hydrogen-bond acceptors (Lipinski definition) is 9. The number of phosphoric ester groups is 1. The molecule has 0 aliphatic carbocycles. The highest BCUT2D eigenvalue weighted by atomic mass is 31.3. The van der Waals surface area contributed by atoms with Crippen molar-refractivity contribution in [3.05, 3.63) is 0 Å². The van der Waals surface area contributed by atoms with Crippen molar-refractivity contribution in [2.45, 2.75) is 24.6 Å². The maximum Gasteiger partial charge on any atom is 0.538 e. The summed E-state index contributed by atoms with van der Waals surface area (Å²) in [5.41, 5.74) is 0. The van der Waals surface area contributed by atoms with Gasteiger partial charge in [-0.05, 0) is 6.42 Å². The van der Waals surface area contributed by atoms with Crippen LogP contribution in [0.5, 0.6) is 0 Å². The molecular weight excluding hydrogens is 372 g/mol. The minimum atomic E-state index is -5.73. The van der Waals surface area contributed by atoms with Gasteiger partial charge in [0.1, 0.15) is 7.85 Å². The Bertz CT molecular complexity index is 570. The molecule has 1 fully saturated rings. The maximum absolute atomic E-state index is 11.4. The fourth-order valence-electron chi connectivity index (χ4n) is 1.37. The molecule has 0 amide bonds. The summed E-state index contributed by atoms with van der Waals surface area (Å²) in [4.78, 5) is 46.0. The number of aliphatic hydroxyl groups is 1. The summed E-state index contributed by atoms with van der Waals surface area (Å²) in [6, 6.07) is -1.05. The molecule has 5 atom stereocenters. The fourth-order valence-corrected chi connectivity index (χ4v) is 4.34. The molecule has 1 heterocycles. The predicted molar refractivity (Wildman–Crippen MR) is 65.0 cm³/mol. The highest BCUT2D eigenvalue weighted by molar-refractivity contribution is 7.66. The van der Waals surface area contributed by atoms with E-state index in [0.717, 1.165) is 0 Å². The first-order chi connectivity index (χ1) is 9.71. The Labute approximate surface area is 124 Å². The van der Waals surface area contributed by atoms with Crippen LogP contribution in [0.3, 0.4) is 0 Å². The zero-order valence-corrected chi connectivity index (χ0v) is 13.0. The lowest BCUT2D eigenvalue weighted by atomic mass is 9.96. The molecule has 0 spiro atoms. The van der Waals surface area contributed by atoms with Crippen LogP contribution >= 0.6 is 23.5 Å². The van der Waals surface area contributed by atoms with Gasteiger partial charge in [-0.15, -0.1) is 0 Å². The van der Waals surface area contributed by atoms with Crippen LogP contribution in [0.15, 0.2) is 0 Å². The molecule has 2 radical (unpaired) electrons. The summed E-state index contributed by atoms with van der Waals surface area (Å²) in [5.74, 6) is -1.65. The summed E-state index contributed by atoms with van der Waals surface area (Å²) in [6.45, 7) is 0. The molecular formula is C5H10BO13P3. The third-order valence-electron chi connectivity index (χ3n) is 2.00. The van der Waals surface area contributed by atoms with E-state index in [1.54, 1.807) is 0 Å². The van der Waals surface area contributed by atoms with E-state index in [9.17, 15) is 23.6 Å². The Kier molecular flexibility index (Phi) is 6.16. The van der Waals surface area contributed by atoms with E-state index in [4.69, 9.17) is 27.4 Å². The molecule has 1 rings (SSSR count). The monoisotopic (exact) mass is 382 g/mol. The van der Waals surface area contributed by atoms with Gasteiger partial charge in [0.2, 0.25) is 0 Å². The van der Waals surface area contributed by atoms with E-state index >= 15 is 0 Å². The molecule has 5 N–H and O–H groups in total. The number of ether oxygens (including phenoxy) is 1. The van der Waals surface area contributed by atoms with Gasteiger partial charge in [-0.1, -0.05) is 0 Å². The second kappa shape index (κ2) is 6.80. The molecule has 0 aromatic heterocycles. The van der Waals surface area contributed by atoms with Crippen molar-refractivity contribution in [1.82, 2.24) is 0 Å². The zero-order valence-electron chi connectivity index (χ0n) is 10.4. The van der Waals surface area contributed by atoms with Crippen molar-refractivity contribution in [3.8, 4) is 0 Å². The van der Waals surface area contributed by atoms with Gasteiger partial charge in [0.25, 0.3) is 0 Å². The van der Waals surface area contributed by atoms with Crippen molar-refractivity contribution in [3.63, 3.8) is 0 Å². The molecule has 0 aromatic carbocycles. The zero-order chi connectivity index (χ0) is 17.3. The Morgan fingerprint density at radius 2 is 1.64 bits per heavy atom. The van der Waals surface area contributed by atoms with Crippen molar-refractivity contribution >= 4 is 37.3 Å². The Morgan fingerprint density at radius 1 is 1.09 bits per heavy atom. The molecule has 13 nitrogen and oxygen atoms in total. The van der Waals surface area contributed by atoms with Crippen LogP contribution in [0, 0.1) is 0 Å². The number of hydrogen-bond donors (Lipinski definition) is 5. The van der Waals surface area contributed by atoms with E-state index in [0.29, 0.717) is 0 Å². The second-order valence-electron chi connectivity index (χ2n) is 3.90. The van der Waals surface area contributed by atoms with Crippen LogP contribution in [-0.4, -0.2) is 56.7 Å². The number of carbonyl (C=O) groups excluding carboxylic acids is 1. The third kappa shape index (κ3) is 6.57. The van der Waals surface area contributed by atoms with Crippen LogP contribution in [0.2, 0.25) is 0 Å². The molecule has 17 heteroatoms. The number of phosphoric acid groups is 3. The highest BCUT2D eigenvalue weighted by Gasteiger charge is 2.45. The van der Waals surface area contributed by atoms with Gasteiger partial charge in [-0.2, -0.15) is 8.62 Å². The van der Waals surface area contributed by atoms with Gasteiger partial charge in [-0.25, -0.2) is 18.5 Å². The second-order valence-corrected chi connectivity index (χ2v) is 8.24. The quantitative estimate of drug-likeness (QED) is 0.262. The van der Waals surface area contributed by atoms with Gasteiger partial charge < -0.3 is 29.0 Å². The van der Waals surface area contributed by atoms with Crippen molar-refractivity contribution in [1.29, 1.82) is 0 Å². The first-order valence-corrected chi connectivity index (χ1v) is 9.69. The van der Waals surface area contributed by atoms with Crippen LogP contribution < -0.4 is 0 Å². The van der Waals surface area contributed by atoms with Crippen molar-refractivity contribution in [2.75, 3.05) is 0 Å². The first-order valence-electron chi connectivity index (χ1n) is 5.17. The van der Waals surface area contributed by atoms with Gasteiger partial charge in [0.15, 0.2) is 6.10 Å². The normalized spacial score (nSPS) is 31.2.